The van der Waals surface area contributed by atoms with E-state index in [1.807, 2.05) is 65.7 Å². The number of rotatable bonds is 6. The normalized spacial score (nSPS) is 16.2. The number of amides is 1. The molecule has 5 rings (SSSR count). The molecule has 1 N–H and O–H groups in total. The number of fused-ring (bicyclic) bond motifs is 1. The summed E-state index contributed by atoms with van der Waals surface area (Å²) in [4.78, 5) is 23.0. The van der Waals surface area contributed by atoms with Crippen LogP contribution in [0.3, 0.4) is 0 Å². The lowest BCUT2D eigenvalue weighted by molar-refractivity contribution is -0.139. The molecule has 168 valence electrons. The van der Waals surface area contributed by atoms with E-state index in [0.29, 0.717) is 26.1 Å². The molecule has 0 unspecified atom stereocenters. The SMILES string of the molecule is COc1ccc(-c2cccc([C@@H]3CN(C(=O)CCc4c[nH]c5ccccc45)CCO3)n2)cc1. The fraction of sp³-hybridized carbons (Fsp3) is 0.259. The zero-order chi connectivity index (χ0) is 22.6. The summed E-state index contributed by atoms with van der Waals surface area (Å²) in [6.07, 6.45) is 2.98. The largest absolute Gasteiger partial charge is 0.497 e. The number of aromatic nitrogens is 2. The maximum absolute atomic E-state index is 13.0. The smallest absolute Gasteiger partial charge is 0.223 e. The second-order valence-corrected chi connectivity index (χ2v) is 8.23. The Morgan fingerprint density at radius 1 is 1.12 bits per heavy atom. The number of carbonyl (C=O) groups excluding carboxylic acids is 1. The number of aryl methyl sites for hydroxylation is 1. The first-order valence-electron chi connectivity index (χ1n) is 11.3. The second-order valence-electron chi connectivity index (χ2n) is 8.23. The van der Waals surface area contributed by atoms with Crippen molar-refractivity contribution < 1.29 is 14.3 Å². The number of pyridine rings is 1. The first-order valence-corrected chi connectivity index (χ1v) is 11.3. The lowest BCUT2D eigenvalue weighted by atomic mass is 10.1. The Morgan fingerprint density at radius 2 is 1.97 bits per heavy atom. The number of aromatic amines is 1. The van der Waals surface area contributed by atoms with Gasteiger partial charge in [0.15, 0.2) is 0 Å². The van der Waals surface area contributed by atoms with Crippen molar-refractivity contribution >= 4 is 16.8 Å². The van der Waals surface area contributed by atoms with Crippen molar-refractivity contribution in [1.82, 2.24) is 14.9 Å². The van der Waals surface area contributed by atoms with E-state index in [-0.39, 0.29) is 12.0 Å². The monoisotopic (exact) mass is 441 g/mol. The lowest BCUT2D eigenvalue weighted by Gasteiger charge is -2.33. The number of ether oxygens (including phenoxy) is 2. The van der Waals surface area contributed by atoms with Gasteiger partial charge < -0.3 is 19.4 Å². The molecule has 3 heterocycles. The van der Waals surface area contributed by atoms with Crippen LogP contribution in [0.5, 0.6) is 5.75 Å². The predicted molar refractivity (Wildman–Crippen MR) is 128 cm³/mol. The Morgan fingerprint density at radius 3 is 2.82 bits per heavy atom. The van der Waals surface area contributed by atoms with Crippen molar-refractivity contribution in [3.8, 4) is 17.0 Å². The van der Waals surface area contributed by atoms with E-state index in [4.69, 9.17) is 14.5 Å². The highest BCUT2D eigenvalue weighted by atomic mass is 16.5. The van der Waals surface area contributed by atoms with Gasteiger partial charge in [0.25, 0.3) is 0 Å². The van der Waals surface area contributed by atoms with Gasteiger partial charge in [-0.3, -0.25) is 4.79 Å². The van der Waals surface area contributed by atoms with Gasteiger partial charge in [-0.15, -0.1) is 0 Å². The van der Waals surface area contributed by atoms with Crippen LogP contribution >= 0.6 is 0 Å². The molecule has 0 bridgehead atoms. The van der Waals surface area contributed by atoms with Gasteiger partial charge in [-0.25, -0.2) is 4.98 Å². The Kier molecular flexibility index (Phi) is 6.09. The van der Waals surface area contributed by atoms with Crippen molar-refractivity contribution in [1.29, 1.82) is 0 Å². The molecule has 0 saturated carbocycles. The van der Waals surface area contributed by atoms with Gasteiger partial charge >= 0.3 is 0 Å². The van der Waals surface area contributed by atoms with Crippen LogP contribution in [0.25, 0.3) is 22.2 Å². The van der Waals surface area contributed by atoms with Gasteiger partial charge in [-0.05, 0) is 54.4 Å². The minimum absolute atomic E-state index is 0.153. The fourth-order valence-electron chi connectivity index (χ4n) is 4.35. The average Bonchev–Trinajstić information content (AvgIpc) is 3.30. The molecular formula is C27H27N3O3. The minimum atomic E-state index is -0.228. The number of benzene rings is 2. The molecule has 1 aliphatic rings. The minimum Gasteiger partial charge on any atom is -0.497 e. The second kappa shape index (κ2) is 9.46. The topological polar surface area (TPSA) is 67.5 Å². The molecule has 1 fully saturated rings. The van der Waals surface area contributed by atoms with Gasteiger partial charge in [-0.2, -0.15) is 0 Å². The van der Waals surface area contributed by atoms with Crippen molar-refractivity contribution in [2.24, 2.45) is 0 Å². The number of nitrogens with one attached hydrogen (secondary N) is 1. The zero-order valence-corrected chi connectivity index (χ0v) is 18.7. The van der Waals surface area contributed by atoms with E-state index in [2.05, 4.69) is 17.1 Å². The Labute approximate surface area is 193 Å². The third-order valence-electron chi connectivity index (χ3n) is 6.19. The molecule has 33 heavy (non-hydrogen) atoms. The highest BCUT2D eigenvalue weighted by Crippen LogP contribution is 2.26. The van der Waals surface area contributed by atoms with Crippen LogP contribution in [0.4, 0.5) is 0 Å². The van der Waals surface area contributed by atoms with Crippen molar-refractivity contribution in [2.75, 3.05) is 26.8 Å². The Bertz CT molecular complexity index is 1250. The first kappa shape index (κ1) is 21.2. The number of H-pyrrole nitrogens is 1. The molecule has 0 aliphatic carbocycles. The number of nitrogens with zero attached hydrogens (tertiary/aromatic N) is 2. The molecule has 1 aliphatic heterocycles. The van der Waals surface area contributed by atoms with E-state index in [9.17, 15) is 4.79 Å². The molecule has 1 amide bonds. The number of morpholine rings is 1. The number of hydrogen-bond acceptors (Lipinski definition) is 4. The third kappa shape index (κ3) is 4.61. The van der Waals surface area contributed by atoms with Crippen molar-refractivity contribution in [2.45, 2.75) is 18.9 Å². The average molecular weight is 442 g/mol. The predicted octanol–water partition coefficient (Wildman–Crippen LogP) is 4.77. The number of hydrogen-bond donors (Lipinski definition) is 1. The summed E-state index contributed by atoms with van der Waals surface area (Å²) in [7, 11) is 1.65. The van der Waals surface area contributed by atoms with E-state index in [1.54, 1.807) is 7.11 Å². The van der Waals surface area contributed by atoms with E-state index < -0.39 is 0 Å². The van der Waals surface area contributed by atoms with Crippen LogP contribution in [0, 0.1) is 0 Å². The summed E-state index contributed by atoms with van der Waals surface area (Å²) < 4.78 is 11.2. The molecular weight excluding hydrogens is 414 g/mol. The Balaban J connectivity index is 1.25. The molecule has 1 atom stereocenters. The molecule has 2 aromatic carbocycles. The zero-order valence-electron chi connectivity index (χ0n) is 18.7. The van der Waals surface area contributed by atoms with Crippen LogP contribution in [0.2, 0.25) is 0 Å². The van der Waals surface area contributed by atoms with Crippen LogP contribution in [-0.2, 0) is 16.0 Å². The van der Waals surface area contributed by atoms with Crippen LogP contribution < -0.4 is 4.74 Å². The van der Waals surface area contributed by atoms with E-state index in [1.165, 1.54) is 10.9 Å². The molecule has 0 radical (unpaired) electrons. The maximum atomic E-state index is 13.0. The van der Waals surface area contributed by atoms with E-state index >= 15 is 0 Å². The fourth-order valence-corrected chi connectivity index (χ4v) is 4.35. The summed E-state index contributed by atoms with van der Waals surface area (Å²) in [5.41, 5.74) is 5.02. The highest BCUT2D eigenvalue weighted by molar-refractivity contribution is 5.84. The number of para-hydroxylation sites is 1. The summed E-state index contributed by atoms with van der Waals surface area (Å²) in [5, 5.41) is 1.18. The molecule has 6 heteroatoms. The molecule has 6 nitrogen and oxygen atoms in total. The summed E-state index contributed by atoms with van der Waals surface area (Å²) in [5.74, 6) is 0.965. The summed E-state index contributed by atoms with van der Waals surface area (Å²) in [6, 6.07) is 22.0. The van der Waals surface area contributed by atoms with Crippen molar-refractivity contribution in [3.05, 3.63) is 84.2 Å². The van der Waals surface area contributed by atoms with Gasteiger partial charge in [0, 0.05) is 35.6 Å². The first-order chi connectivity index (χ1) is 16.2. The molecule has 1 saturated heterocycles. The Hall–Kier alpha value is -3.64. The lowest BCUT2D eigenvalue weighted by Crippen LogP contribution is -2.42. The van der Waals surface area contributed by atoms with Crippen LogP contribution in [-0.4, -0.2) is 47.6 Å². The van der Waals surface area contributed by atoms with Crippen LogP contribution in [0.1, 0.15) is 23.8 Å². The highest BCUT2D eigenvalue weighted by Gasteiger charge is 2.26. The number of carbonyl (C=O) groups is 1. The molecule has 2 aromatic heterocycles. The van der Waals surface area contributed by atoms with E-state index in [0.717, 1.165) is 34.6 Å². The van der Waals surface area contributed by atoms with Gasteiger partial charge in [0.05, 0.1) is 31.6 Å². The van der Waals surface area contributed by atoms with Crippen LogP contribution in [0.15, 0.2) is 72.9 Å². The van der Waals surface area contributed by atoms with Gasteiger partial charge in [0.2, 0.25) is 5.91 Å². The third-order valence-corrected chi connectivity index (χ3v) is 6.19. The van der Waals surface area contributed by atoms with Crippen molar-refractivity contribution in [3.63, 3.8) is 0 Å². The summed E-state index contributed by atoms with van der Waals surface area (Å²) >= 11 is 0. The van der Waals surface area contributed by atoms with Gasteiger partial charge in [0.1, 0.15) is 11.9 Å². The van der Waals surface area contributed by atoms with Gasteiger partial charge in [-0.1, -0.05) is 24.3 Å². The standard InChI is InChI=1S/C27H27N3O3/c1-32-21-12-9-19(10-13-21)23-7-4-8-25(29-23)26-18-30(15-16-33-26)27(31)14-11-20-17-28-24-6-3-2-5-22(20)24/h2-10,12-13,17,26,28H,11,14-16,18H2,1H3/t26-/m0/s1. The quantitative estimate of drug-likeness (QED) is 0.468. The summed E-state index contributed by atoms with van der Waals surface area (Å²) in [6.45, 7) is 1.64. The molecule has 0 spiro atoms. The maximum Gasteiger partial charge on any atom is 0.223 e. The number of methoxy groups -OCH3 is 1. The molecule has 4 aromatic rings.